The molecule has 1 aromatic heterocycles. The summed E-state index contributed by atoms with van der Waals surface area (Å²) in [6, 6.07) is 15.0. The first kappa shape index (κ1) is 18.2. The lowest BCUT2D eigenvalue weighted by molar-refractivity contribution is -0.382. The molecule has 1 aliphatic heterocycles. The van der Waals surface area contributed by atoms with Crippen molar-refractivity contribution in [3.8, 4) is 0 Å². The molecule has 2 aromatic carbocycles. The molecule has 1 aliphatic rings. The van der Waals surface area contributed by atoms with Crippen molar-refractivity contribution in [3.63, 3.8) is 0 Å². The third kappa shape index (κ3) is 3.61. The summed E-state index contributed by atoms with van der Waals surface area (Å²) < 4.78 is 0. The van der Waals surface area contributed by atoms with E-state index in [0.29, 0.717) is 16.6 Å². The lowest BCUT2D eigenvalue weighted by Gasteiger charge is -2.35. The molecule has 0 amide bonds. The smallest absolute Gasteiger partial charge is 0.301 e. The number of rotatable bonds is 5. The minimum Gasteiger partial charge on any atom is -0.369 e. The van der Waals surface area contributed by atoms with Crippen LogP contribution in [0.15, 0.2) is 54.7 Å². The van der Waals surface area contributed by atoms with Gasteiger partial charge in [-0.1, -0.05) is 6.92 Å². The van der Waals surface area contributed by atoms with Gasteiger partial charge in [0, 0.05) is 43.8 Å². The molecule has 0 aliphatic carbocycles. The second-order valence-corrected chi connectivity index (χ2v) is 6.88. The Labute approximate surface area is 163 Å². The quantitative estimate of drug-likeness (QED) is 0.534. The van der Waals surface area contributed by atoms with Crippen molar-refractivity contribution < 1.29 is 4.92 Å². The fourth-order valence-corrected chi connectivity index (χ4v) is 3.67. The number of anilines is 3. The summed E-state index contributed by atoms with van der Waals surface area (Å²) in [6.07, 6.45) is 1.64. The molecule has 2 heterocycles. The van der Waals surface area contributed by atoms with Gasteiger partial charge in [0.25, 0.3) is 0 Å². The first-order chi connectivity index (χ1) is 13.7. The normalized spacial score (nSPS) is 15.0. The summed E-state index contributed by atoms with van der Waals surface area (Å²) in [4.78, 5) is 20.3. The predicted octanol–water partition coefficient (Wildman–Crippen LogP) is 4.03. The Morgan fingerprint density at radius 2 is 1.82 bits per heavy atom. The monoisotopic (exact) mass is 377 g/mol. The van der Waals surface area contributed by atoms with E-state index in [2.05, 4.69) is 39.2 Å². The molecule has 28 heavy (non-hydrogen) atoms. The molecule has 0 spiro atoms. The van der Waals surface area contributed by atoms with Crippen LogP contribution in [0.1, 0.15) is 6.92 Å². The average Bonchev–Trinajstić information content (AvgIpc) is 2.74. The largest absolute Gasteiger partial charge is 0.369 e. The second kappa shape index (κ2) is 7.82. The number of fused-ring (bicyclic) bond motifs is 1. The van der Waals surface area contributed by atoms with Crippen LogP contribution < -0.4 is 10.2 Å². The molecule has 144 valence electrons. The predicted molar refractivity (Wildman–Crippen MR) is 112 cm³/mol. The zero-order valence-corrected chi connectivity index (χ0v) is 15.8. The fraction of sp³-hybridized carbons (Fsp3) is 0.286. The number of hydrogen-bond donors (Lipinski definition) is 1. The van der Waals surface area contributed by atoms with Gasteiger partial charge >= 0.3 is 5.69 Å². The van der Waals surface area contributed by atoms with Crippen LogP contribution in [-0.4, -0.2) is 47.5 Å². The van der Waals surface area contributed by atoms with Crippen LogP contribution in [0.25, 0.3) is 10.9 Å². The van der Waals surface area contributed by atoms with Gasteiger partial charge in [-0.2, -0.15) is 0 Å². The standard InChI is InChI=1S/C21H23N5O2/c1-2-24-12-14-25(15-13-24)17-7-5-16(6-8-17)23-20-10-9-19-18(4-3-11-22-19)21(20)26(27)28/h3-11,23H,2,12-15H2,1H3. The van der Waals surface area contributed by atoms with Crippen LogP contribution in [0, 0.1) is 10.1 Å². The molecule has 0 radical (unpaired) electrons. The number of aromatic nitrogens is 1. The van der Waals surface area contributed by atoms with Gasteiger partial charge in [-0.3, -0.25) is 15.1 Å². The Morgan fingerprint density at radius 1 is 1.07 bits per heavy atom. The van der Waals surface area contributed by atoms with Crippen molar-refractivity contribution in [3.05, 3.63) is 64.8 Å². The number of hydrogen-bond acceptors (Lipinski definition) is 6. The van der Waals surface area contributed by atoms with Crippen molar-refractivity contribution in [2.45, 2.75) is 6.92 Å². The Kier molecular flexibility index (Phi) is 5.08. The van der Waals surface area contributed by atoms with E-state index in [9.17, 15) is 10.1 Å². The molecule has 4 rings (SSSR count). The van der Waals surface area contributed by atoms with Crippen molar-refractivity contribution in [2.75, 3.05) is 42.9 Å². The minimum absolute atomic E-state index is 0.0466. The lowest BCUT2D eigenvalue weighted by atomic mass is 10.1. The SMILES string of the molecule is CCN1CCN(c2ccc(Nc3ccc4ncccc4c3[N+](=O)[O-])cc2)CC1. The fourth-order valence-electron chi connectivity index (χ4n) is 3.67. The van der Waals surface area contributed by atoms with Gasteiger partial charge in [0.1, 0.15) is 5.69 Å². The van der Waals surface area contributed by atoms with Gasteiger partial charge in [-0.05, 0) is 55.1 Å². The number of benzene rings is 2. The first-order valence-corrected chi connectivity index (χ1v) is 9.52. The summed E-state index contributed by atoms with van der Waals surface area (Å²) in [6.45, 7) is 7.48. The molecule has 0 unspecified atom stereocenters. The van der Waals surface area contributed by atoms with Crippen molar-refractivity contribution in [1.82, 2.24) is 9.88 Å². The van der Waals surface area contributed by atoms with E-state index in [0.717, 1.165) is 38.4 Å². The summed E-state index contributed by atoms with van der Waals surface area (Å²) >= 11 is 0. The number of likely N-dealkylation sites (N-methyl/N-ethyl adjacent to an activating group) is 1. The molecular formula is C21H23N5O2. The Balaban J connectivity index is 1.55. The van der Waals surface area contributed by atoms with E-state index in [1.165, 1.54) is 5.69 Å². The molecule has 7 heteroatoms. The van der Waals surface area contributed by atoms with E-state index in [4.69, 9.17) is 0 Å². The van der Waals surface area contributed by atoms with Gasteiger partial charge in [0.15, 0.2) is 0 Å². The van der Waals surface area contributed by atoms with Gasteiger partial charge in [-0.25, -0.2) is 0 Å². The van der Waals surface area contributed by atoms with Crippen LogP contribution in [0.3, 0.4) is 0 Å². The number of nitro benzene ring substituents is 1. The number of nitro groups is 1. The maximum atomic E-state index is 11.7. The highest BCUT2D eigenvalue weighted by molar-refractivity contribution is 5.95. The van der Waals surface area contributed by atoms with E-state index in [1.807, 2.05) is 12.1 Å². The third-order valence-electron chi connectivity index (χ3n) is 5.27. The maximum absolute atomic E-state index is 11.7. The van der Waals surface area contributed by atoms with E-state index >= 15 is 0 Å². The minimum atomic E-state index is -0.353. The van der Waals surface area contributed by atoms with Crippen LogP contribution >= 0.6 is 0 Å². The third-order valence-corrected chi connectivity index (χ3v) is 5.27. The van der Waals surface area contributed by atoms with Crippen LogP contribution in [0.4, 0.5) is 22.7 Å². The number of piperazine rings is 1. The molecule has 1 N–H and O–H groups in total. The Morgan fingerprint density at radius 3 is 2.50 bits per heavy atom. The Hall–Kier alpha value is -3.19. The van der Waals surface area contributed by atoms with E-state index in [-0.39, 0.29) is 10.6 Å². The molecule has 0 bridgehead atoms. The highest BCUT2D eigenvalue weighted by Crippen LogP contribution is 2.34. The van der Waals surface area contributed by atoms with Gasteiger partial charge in [-0.15, -0.1) is 0 Å². The number of nitrogens with one attached hydrogen (secondary N) is 1. The Bertz CT molecular complexity index is 982. The zero-order valence-electron chi connectivity index (χ0n) is 15.8. The van der Waals surface area contributed by atoms with Gasteiger partial charge in [0.2, 0.25) is 0 Å². The highest BCUT2D eigenvalue weighted by atomic mass is 16.6. The first-order valence-electron chi connectivity index (χ1n) is 9.52. The molecule has 7 nitrogen and oxygen atoms in total. The number of pyridine rings is 1. The van der Waals surface area contributed by atoms with Gasteiger partial charge < -0.3 is 15.1 Å². The van der Waals surface area contributed by atoms with Crippen LogP contribution in [0.5, 0.6) is 0 Å². The summed E-state index contributed by atoms with van der Waals surface area (Å²) in [5.74, 6) is 0. The van der Waals surface area contributed by atoms with Crippen molar-refractivity contribution >= 4 is 33.7 Å². The van der Waals surface area contributed by atoms with Crippen molar-refractivity contribution in [2.24, 2.45) is 0 Å². The van der Waals surface area contributed by atoms with Crippen LogP contribution in [0.2, 0.25) is 0 Å². The molecule has 0 saturated carbocycles. The molecule has 1 saturated heterocycles. The maximum Gasteiger partial charge on any atom is 0.301 e. The molecule has 3 aromatic rings. The average molecular weight is 377 g/mol. The molecule has 1 fully saturated rings. The van der Waals surface area contributed by atoms with Gasteiger partial charge in [0.05, 0.1) is 15.8 Å². The van der Waals surface area contributed by atoms with Crippen LogP contribution in [-0.2, 0) is 0 Å². The topological polar surface area (TPSA) is 74.5 Å². The summed E-state index contributed by atoms with van der Waals surface area (Å²) in [5, 5.41) is 15.4. The summed E-state index contributed by atoms with van der Waals surface area (Å²) in [7, 11) is 0. The zero-order chi connectivity index (χ0) is 19.5. The highest BCUT2D eigenvalue weighted by Gasteiger charge is 2.19. The lowest BCUT2D eigenvalue weighted by Crippen LogP contribution is -2.46. The summed E-state index contributed by atoms with van der Waals surface area (Å²) in [5.41, 5.74) is 3.13. The number of nitrogens with zero attached hydrogens (tertiary/aromatic N) is 4. The molecular weight excluding hydrogens is 354 g/mol. The second-order valence-electron chi connectivity index (χ2n) is 6.88. The van der Waals surface area contributed by atoms with E-state index < -0.39 is 0 Å². The molecule has 0 atom stereocenters. The van der Waals surface area contributed by atoms with Crippen molar-refractivity contribution in [1.29, 1.82) is 0 Å². The van der Waals surface area contributed by atoms with E-state index in [1.54, 1.807) is 30.5 Å².